The fourth-order valence-electron chi connectivity index (χ4n) is 1.65. The van der Waals surface area contributed by atoms with Crippen molar-refractivity contribution in [3.05, 3.63) is 23.8 Å². The van der Waals surface area contributed by atoms with Crippen molar-refractivity contribution in [1.82, 2.24) is 0 Å². The van der Waals surface area contributed by atoms with Gasteiger partial charge in [-0.3, -0.25) is 0 Å². The van der Waals surface area contributed by atoms with E-state index in [4.69, 9.17) is 0 Å². The van der Waals surface area contributed by atoms with Crippen LogP contribution in [0.15, 0.2) is 23.8 Å². The lowest BCUT2D eigenvalue weighted by Gasteiger charge is -2.14. The lowest BCUT2D eigenvalue weighted by molar-refractivity contribution is 0.221. The highest BCUT2D eigenvalue weighted by Gasteiger charge is 2.06. The smallest absolute Gasteiger partial charge is 0.0757 e. The molecule has 1 N–H and O–H groups in total. The van der Waals surface area contributed by atoms with Crippen molar-refractivity contribution in [1.29, 1.82) is 0 Å². The summed E-state index contributed by atoms with van der Waals surface area (Å²) >= 11 is 0. The first-order valence-electron chi connectivity index (χ1n) is 4.81. The molecule has 1 atom stereocenters. The summed E-state index contributed by atoms with van der Waals surface area (Å²) in [4.78, 5) is 0. The Kier molecular flexibility index (Phi) is 4.09. The van der Waals surface area contributed by atoms with E-state index in [0.717, 1.165) is 6.42 Å². The maximum absolute atomic E-state index is 9.47. The first-order chi connectivity index (χ1) is 5.83. The van der Waals surface area contributed by atoms with Crippen molar-refractivity contribution in [2.45, 2.75) is 45.1 Å². The van der Waals surface area contributed by atoms with Crippen LogP contribution in [0.4, 0.5) is 0 Å². The second-order valence-corrected chi connectivity index (χ2v) is 3.41. The Balaban J connectivity index is 2.33. The van der Waals surface area contributed by atoms with E-state index in [1.165, 1.54) is 31.3 Å². The molecule has 1 nitrogen and oxygen atoms in total. The van der Waals surface area contributed by atoms with Crippen molar-refractivity contribution in [3.8, 4) is 0 Å². The van der Waals surface area contributed by atoms with Gasteiger partial charge in [-0.05, 0) is 39.0 Å². The number of aliphatic hydroxyl groups is 1. The molecule has 1 aliphatic rings. The van der Waals surface area contributed by atoms with E-state index in [-0.39, 0.29) is 6.10 Å². The molecule has 1 aliphatic carbocycles. The lowest BCUT2D eigenvalue weighted by atomic mass is 9.95. The zero-order valence-corrected chi connectivity index (χ0v) is 7.79. The summed E-state index contributed by atoms with van der Waals surface area (Å²) in [5.74, 6) is 0. The summed E-state index contributed by atoms with van der Waals surface area (Å²) in [6.45, 7) is 1.94. The molecule has 0 aromatic heterocycles. The minimum Gasteiger partial charge on any atom is -0.389 e. The fraction of sp³-hybridized carbons (Fsp3) is 0.636. The molecule has 0 saturated carbocycles. The molecule has 68 valence electrons. The minimum absolute atomic E-state index is 0.264. The quantitative estimate of drug-likeness (QED) is 0.639. The molecule has 0 aromatic rings. The van der Waals surface area contributed by atoms with Crippen molar-refractivity contribution >= 4 is 0 Å². The predicted octanol–water partition coefficient (Wildman–Crippen LogP) is 2.81. The molecule has 0 radical (unpaired) electrons. The van der Waals surface area contributed by atoms with Gasteiger partial charge in [0, 0.05) is 0 Å². The molecule has 0 fully saturated rings. The second kappa shape index (κ2) is 5.15. The van der Waals surface area contributed by atoms with Crippen molar-refractivity contribution < 1.29 is 5.11 Å². The highest BCUT2D eigenvalue weighted by atomic mass is 16.3. The van der Waals surface area contributed by atoms with Crippen LogP contribution in [0.2, 0.25) is 0 Å². The molecule has 1 rings (SSSR count). The molecule has 0 amide bonds. The van der Waals surface area contributed by atoms with Crippen LogP contribution in [0.1, 0.15) is 39.0 Å². The normalized spacial score (nSPS) is 21.0. The van der Waals surface area contributed by atoms with Gasteiger partial charge in [-0.15, -0.1) is 0 Å². The standard InChI is InChI=1S/C11H18O/c1-2-6-11(12)9-10-7-4-3-5-8-10/h2,6-7,11-12H,3-5,8-9H2,1H3/b6-2+. The van der Waals surface area contributed by atoms with Gasteiger partial charge < -0.3 is 5.11 Å². The van der Waals surface area contributed by atoms with Gasteiger partial charge in [-0.25, -0.2) is 0 Å². The van der Waals surface area contributed by atoms with Gasteiger partial charge >= 0.3 is 0 Å². The summed E-state index contributed by atoms with van der Waals surface area (Å²) in [5, 5.41) is 9.47. The van der Waals surface area contributed by atoms with Crippen LogP contribution in [0.3, 0.4) is 0 Å². The van der Waals surface area contributed by atoms with Gasteiger partial charge in [0.05, 0.1) is 6.10 Å². The topological polar surface area (TPSA) is 20.2 Å². The number of hydrogen-bond donors (Lipinski definition) is 1. The van der Waals surface area contributed by atoms with Crippen LogP contribution in [-0.2, 0) is 0 Å². The Bertz CT molecular complexity index is 179. The van der Waals surface area contributed by atoms with Gasteiger partial charge in [-0.2, -0.15) is 0 Å². The number of hydrogen-bond acceptors (Lipinski definition) is 1. The summed E-state index contributed by atoms with van der Waals surface area (Å²) in [6, 6.07) is 0. The van der Waals surface area contributed by atoms with Gasteiger partial charge in [0.25, 0.3) is 0 Å². The first-order valence-corrected chi connectivity index (χ1v) is 4.81. The molecule has 1 unspecified atom stereocenters. The molecule has 0 aromatic carbocycles. The molecular weight excluding hydrogens is 148 g/mol. The van der Waals surface area contributed by atoms with Crippen molar-refractivity contribution in [2.24, 2.45) is 0 Å². The maximum Gasteiger partial charge on any atom is 0.0757 e. The van der Waals surface area contributed by atoms with Gasteiger partial charge in [0.2, 0.25) is 0 Å². The predicted molar refractivity (Wildman–Crippen MR) is 52.0 cm³/mol. The Morgan fingerprint density at radius 1 is 1.58 bits per heavy atom. The fourth-order valence-corrected chi connectivity index (χ4v) is 1.65. The number of aliphatic hydroxyl groups excluding tert-OH is 1. The second-order valence-electron chi connectivity index (χ2n) is 3.41. The van der Waals surface area contributed by atoms with E-state index in [9.17, 15) is 5.11 Å². The van der Waals surface area contributed by atoms with Crippen molar-refractivity contribution in [3.63, 3.8) is 0 Å². The zero-order valence-electron chi connectivity index (χ0n) is 7.79. The highest BCUT2D eigenvalue weighted by Crippen LogP contribution is 2.21. The average Bonchev–Trinajstić information content (AvgIpc) is 2.06. The van der Waals surface area contributed by atoms with Crippen LogP contribution in [0.5, 0.6) is 0 Å². The molecule has 0 bridgehead atoms. The van der Waals surface area contributed by atoms with E-state index >= 15 is 0 Å². The van der Waals surface area contributed by atoms with E-state index in [1.807, 2.05) is 19.1 Å². The van der Waals surface area contributed by atoms with Crippen LogP contribution in [0, 0.1) is 0 Å². The molecule has 1 heteroatoms. The van der Waals surface area contributed by atoms with Crippen molar-refractivity contribution in [2.75, 3.05) is 0 Å². The maximum atomic E-state index is 9.47. The molecule has 0 heterocycles. The molecule has 0 spiro atoms. The van der Waals surface area contributed by atoms with E-state index in [0.29, 0.717) is 0 Å². The van der Waals surface area contributed by atoms with E-state index in [1.54, 1.807) is 0 Å². The first kappa shape index (κ1) is 9.53. The minimum atomic E-state index is -0.264. The summed E-state index contributed by atoms with van der Waals surface area (Å²) in [5.41, 5.74) is 1.44. The zero-order chi connectivity index (χ0) is 8.81. The third kappa shape index (κ3) is 3.22. The van der Waals surface area contributed by atoms with Crippen LogP contribution in [0.25, 0.3) is 0 Å². The molecular formula is C11H18O. The van der Waals surface area contributed by atoms with Crippen LogP contribution in [-0.4, -0.2) is 11.2 Å². The average molecular weight is 166 g/mol. The third-order valence-electron chi connectivity index (χ3n) is 2.27. The highest BCUT2D eigenvalue weighted by molar-refractivity contribution is 5.08. The van der Waals surface area contributed by atoms with Crippen LogP contribution >= 0.6 is 0 Å². The molecule has 0 saturated heterocycles. The van der Waals surface area contributed by atoms with E-state index in [2.05, 4.69) is 6.08 Å². The Morgan fingerprint density at radius 2 is 2.42 bits per heavy atom. The number of allylic oxidation sites excluding steroid dienone is 2. The Labute approximate surface area is 74.8 Å². The van der Waals surface area contributed by atoms with Crippen LogP contribution < -0.4 is 0 Å². The molecule has 12 heavy (non-hydrogen) atoms. The summed E-state index contributed by atoms with van der Waals surface area (Å²) < 4.78 is 0. The van der Waals surface area contributed by atoms with Gasteiger partial charge in [-0.1, -0.05) is 23.8 Å². The molecule has 0 aliphatic heterocycles. The van der Waals surface area contributed by atoms with Gasteiger partial charge in [0.15, 0.2) is 0 Å². The SMILES string of the molecule is C/C=C/C(O)CC1=CCCCC1. The Morgan fingerprint density at radius 3 is 3.00 bits per heavy atom. The van der Waals surface area contributed by atoms with E-state index < -0.39 is 0 Å². The third-order valence-corrected chi connectivity index (χ3v) is 2.27. The monoisotopic (exact) mass is 166 g/mol. The van der Waals surface area contributed by atoms with Gasteiger partial charge in [0.1, 0.15) is 0 Å². The lowest BCUT2D eigenvalue weighted by Crippen LogP contribution is -2.05. The summed E-state index contributed by atoms with van der Waals surface area (Å²) in [7, 11) is 0. The number of rotatable bonds is 3. The summed E-state index contributed by atoms with van der Waals surface area (Å²) in [6.07, 6.45) is 11.6. The largest absolute Gasteiger partial charge is 0.389 e. The Hall–Kier alpha value is -0.560.